The Labute approximate surface area is 118 Å². The van der Waals surface area contributed by atoms with Crippen LogP contribution in [0.4, 0.5) is 14.9 Å². The second-order valence-corrected chi connectivity index (χ2v) is 4.46. The van der Waals surface area contributed by atoms with E-state index in [9.17, 15) is 14.0 Å². The molecule has 7 heteroatoms. The highest BCUT2D eigenvalue weighted by molar-refractivity contribution is 9.10. The molecule has 104 valence electrons. The molecular weight excluding hydrogens is 319 g/mol. The first-order valence-electron chi connectivity index (χ1n) is 5.57. The summed E-state index contributed by atoms with van der Waals surface area (Å²) in [6.07, 6.45) is 0.265. The van der Waals surface area contributed by atoms with Gasteiger partial charge in [0.15, 0.2) is 0 Å². The molecule has 0 bridgehead atoms. The summed E-state index contributed by atoms with van der Waals surface area (Å²) >= 11 is 3.22. The fourth-order valence-electron chi connectivity index (χ4n) is 1.31. The number of hydrogen-bond acceptors (Lipinski definition) is 3. The molecule has 0 heterocycles. The first kappa shape index (κ1) is 15.4. The summed E-state index contributed by atoms with van der Waals surface area (Å²) in [5.74, 6) is -0.506. The van der Waals surface area contributed by atoms with Crippen LogP contribution in [-0.2, 0) is 4.74 Å². The van der Waals surface area contributed by atoms with E-state index in [4.69, 9.17) is 0 Å². The Balaban J connectivity index is 2.69. The van der Waals surface area contributed by atoms with Crippen molar-refractivity contribution in [3.05, 3.63) is 28.2 Å². The van der Waals surface area contributed by atoms with Gasteiger partial charge in [-0.1, -0.05) is 0 Å². The van der Waals surface area contributed by atoms with Crippen LogP contribution in [0.1, 0.15) is 16.8 Å². The maximum absolute atomic E-state index is 11.9. The van der Waals surface area contributed by atoms with E-state index in [-0.39, 0.29) is 13.0 Å². The quantitative estimate of drug-likeness (QED) is 0.643. The number of amides is 2. The van der Waals surface area contributed by atoms with Crippen molar-refractivity contribution in [3.63, 3.8) is 0 Å². The zero-order chi connectivity index (χ0) is 14.3. The van der Waals surface area contributed by atoms with Crippen LogP contribution in [0, 0.1) is 0 Å². The number of hydrogen-bond donors (Lipinski definition) is 2. The molecule has 0 spiro atoms. The number of carbonyl (C=O) groups is 2. The van der Waals surface area contributed by atoms with Gasteiger partial charge in [-0.05, 0) is 40.5 Å². The van der Waals surface area contributed by atoms with Gasteiger partial charge in [0.1, 0.15) is 0 Å². The number of ether oxygens (including phenoxy) is 1. The molecule has 1 aromatic carbocycles. The van der Waals surface area contributed by atoms with Gasteiger partial charge in [-0.15, -0.1) is 0 Å². The van der Waals surface area contributed by atoms with Gasteiger partial charge >= 0.3 is 12.0 Å². The fraction of sp³-hybridized carbons (Fsp3) is 0.333. The van der Waals surface area contributed by atoms with Crippen molar-refractivity contribution in [2.45, 2.75) is 6.42 Å². The molecule has 0 fully saturated rings. The minimum absolute atomic E-state index is 0.253. The van der Waals surface area contributed by atoms with Crippen molar-refractivity contribution < 1.29 is 18.7 Å². The van der Waals surface area contributed by atoms with Gasteiger partial charge in [0.05, 0.1) is 19.3 Å². The second kappa shape index (κ2) is 7.73. The van der Waals surface area contributed by atoms with E-state index in [1.807, 2.05) is 0 Å². The molecule has 0 unspecified atom stereocenters. The van der Waals surface area contributed by atoms with Crippen LogP contribution in [0.2, 0.25) is 0 Å². The zero-order valence-electron chi connectivity index (χ0n) is 10.3. The van der Waals surface area contributed by atoms with Crippen LogP contribution in [0.5, 0.6) is 0 Å². The summed E-state index contributed by atoms with van der Waals surface area (Å²) in [6, 6.07) is 4.30. The van der Waals surface area contributed by atoms with Crippen LogP contribution < -0.4 is 10.6 Å². The third kappa shape index (κ3) is 4.86. The van der Waals surface area contributed by atoms with Gasteiger partial charge in [0.2, 0.25) is 0 Å². The Bertz CT molecular complexity index is 468. The van der Waals surface area contributed by atoms with E-state index in [0.29, 0.717) is 15.7 Å². The SMILES string of the molecule is COC(=O)c1cc(NC(=O)NCCCF)ccc1Br. The molecule has 2 N–H and O–H groups in total. The largest absolute Gasteiger partial charge is 0.465 e. The van der Waals surface area contributed by atoms with Crippen LogP contribution in [-0.4, -0.2) is 32.3 Å². The van der Waals surface area contributed by atoms with Gasteiger partial charge in [0, 0.05) is 16.7 Å². The number of methoxy groups -OCH3 is 1. The third-order valence-corrected chi connectivity index (χ3v) is 2.92. The molecule has 0 saturated carbocycles. The standard InChI is InChI=1S/C12H14BrFN2O3/c1-19-11(17)9-7-8(3-4-10(9)13)16-12(18)15-6-2-5-14/h3-4,7H,2,5-6H2,1H3,(H2,15,16,18). The Kier molecular flexibility index (Phi) is 6.27. The lowest BCUT2D eigenvalue weighted by molar-refractivity contribution is 0.0599. The Morgan fingerprint density at radius 1 is 1.42 bits per heavy atom. The van der Waals surface area contributed by atoms with Crippen LogP contribution in [0.3, 0.4) is 0 Å². The number of urea groups is 1. The van der Waals surface area contributed by atoms with Gasteiger partial charge in [0.25, 0.3) is 0 Å². The summed E-state index contributed by atoms with van der Waals surface area (Å²) in [7, 11) is 1.28. The number of halogens is 2. The number of esters is 1. The molecule has 0 aromatic heterocycles. The fourth-order valence-corrected chi connectivity index (χ4v) is 1.72. The van der Waals surface area contributed by atoms with Gasteiger partial charge in [-0.2, -0.15) is 0 Å². The highest BCUT2D eigenvalue weighted by atomic mass is 79.9. The lowest BCUT2D eigenvalue weighted by Gasteiger charge is -2.09. The molecule has 0 aliphatic carbocycles. The van der Waals surface area contributed by atoms with Crippen LogP contribution >= 0.6 is 15.9 Å². The van der Waals surface area contributed by atoms with E-state index in [2.05, 4.69) is 31.3 Å². The molecule has 0 atom stereocenters. The lowest BCUT2D eigenvalue weighted by Crippen LogP contribution is -2.29. The van der Waals surface area contributed by atoms with Crippen molar-refractivity contribution >= 4 is 33.6 Å². The van der Waals surface area contributed by atoms with Crippen LogP contribution in [0.15, 0.2) is 22.7 Å². The number of rotatable bonds is 5. The second-order valence-electron chi connectivity index (χ2n) is 3.61. The van der Waals surface area contributed by atoms with E-state index in [1.54, 1.807) is 12.1 Å². The smallest absolute Gasteiger partial charge is 0.339 e. The van der Waals surface area contributed by atoms with Crippen molar-refractivity contribution in [1.29, 1.82) is 0 Å². The summed E-state index contributed by atoms with van der Waals surface area (Å²) in [5, 5.41) is 5.04. The molecule has 0 saturated heterocycles. The monoisotopic (exact) mass is 332 g/mol. The normalized spacial score (nSPS) is 9.84. The molecule has 0 radical (unpaired) electrons. The first-order valence-corrected chi connectivity index (χ1v) is 6.36. The van der Waals surface area contributed by atoms with Gasteiger partial charge in [-0.3, -0.25) is 4.39 Å². The van der Waals surface area contributed by atoms with Crippen molar-refractivity contribution in [2.24, 2.45) is 0 Å². The number of alkyl halides is 1. The Morgan fingerprint density at radius 3 is 2.79 bits per heavy atom. The highest BCUT2D eigenvalue weighted by Crippen LogP contribution is 2.21. The van der Waals surface area contributed by atoms with Gasteiger partial charge < -0.3 is 15.4 Å². The summed E-state index contributed by atoms with van der Waals surface area (Å²) in [6.45, 7) is -0.228. The highest BCUT2D eigenvalue weighted by Gasteiger charge is 2.11. The van der Waals surface area contributed by atoms with Crippen LogP contribution in [0.25, 0.3) is 0 Å². The van der Waals surface area contributed by atoms with E-state index in [0.717, 1.165) is 0 Å². The number of benzene rings is 1. The minimum Gasteiger partial charge on any atom is -0.465 e. The number of anilines is 1. The molecule has 5 nitrogen and oxygen atoms in total. The van der Waals surface area contributed by atoms with E-state index < -0.39 is 18.7 Å². The summed E-state index contributed by atoms with van der Waals surface area (Å²) in [4.78, 5) is 22.9. The molecule has 0 aliphatic rings. The summed E-state index contributed by atoms with van der Waals surface area (Å²) in [5.41, 5.74) is 0.755. The average Bonchev–Trinajstić information content (AvgIpc) is 2.40. The minimum atomic E-state index is -0.506. The third-order valence-electron chi connectivity index (χ3n) is 2.23. The predicted molar refractivity (Wildman–Crippen MR) is 73.1 cm³/mol. The Morgan fingerprint density at radius 2 is 2.16 bits per heavy atom. The Hall–Kier alpha value is -1.63. The predicted octanol–water partition coefficient (Wildman–Crippen LogP) is 2.72. The first-order chi connectivity index (χ1) is 9.08. The topological polar surface area (TPSA) is 67.4 Å². The van der Waals surface area contributed by atoms with Crippen molar-refractivity contribution in [1.82, 2.24) is 5.32 Å². The molecule has 1 aromatic rings. The molecule has 19 heavy (non-hydrogen) atoms. The van der Waals surface area contributed by atoms with Crippen molar-refractivity contribution in [2.75, 3.05) is 25.6 Å². The molecule has 2 amide bonds. The zero-order valence-corrected chi connectivity index (χ0v) is 11.9. The number of carbonyl (C=O) groups excluding carboxylic acids is 2. The molecule has 1 rings (SSSR count). The summed E-state index contributed by atoms with van der Waals surface area (Å²) < 4.78 is 17.1. The van der Waals surface area contributed by atoms with E-state index >= 15 is 0 Å². The maximum atomic E-state index is 11.9. The average molecular weight is 333 g/mol. The lowest BCUT2D eigenvalue weighted by atomic mass is 10.2. The van der Waals surface area contributed by atoms with Gasteiger partial charge in [-0.25, -0.2) is 9.59 Å². The van der Waals surface area contributed by atoms with E-state index in [1.165, 1.54) is 13.2 Å². The van der Waals surface area contributed by atoms with Crippen molar-refractivity contribution in [3.8, 4) is 0 Å². The maximum Gasteiger partial charge on any atom is 0.339 e. The molecular formula is C12H14BrFN2O3. The number of nitrogens with one attached hydrogen (secondary N) is 2. The molecule has 0 aliphatic heterocycles.